The van der Waals surface area contributed by atoms with Gasteiger partial charge < -0.3 is 14.9 Å². The van der Waals surface area contributed by atoms with Crippen molar-refractivity contribution in [3.8, 4) is 11.5 Å². The van der Waals surface area contributed by atoms with Gasteiger partial charge in [-0.1, -0.05) is 17.7 Å². The van der Waals surface area contributed by atoms with Gasteiger partial charge in [-0.2, -0.15) is 8.42 Å². The molecule has 7 nitrogen and oxygen atoms in total. The van der Waals surface area contributed by atoms with Crippen LogP contribution in [0.25, 0.3) is 0 Å². The van der Waals surface area contributed by atoms with Crippen molar-refractivity contribution in [2.75, 3.05) is 20.3 Å². The molecule has 0 saturated carbocycles. The molecule has 8 heteroatoms. The molecule has 0 unspecified atom stereocenters. The topological polar surface area (TPSA) is 110 Å². The number of hydrogen-bond donors (Lipinski definition) is 2. The molecule has 2 rings (SSSR count). The quantitative estimate of drug-likeness (QED) is 0.348. The highest BCUT2D eigenvalue weighted by molar-refractivity contribution is 7.86. The molecule has 0 radical (unpaired) electrons. The first-order chi connectivity index (χ1) is 11.8. The van der Waals surface area contributed by atoms with E-state index in [2.05, 4.69) is 0 Å². The number of methoxy groups -OCH3 is 1. The largest absolute Gasteiger partial charge is 0.504 e. The van der Waals surface area contributed by atoms with Gasteiger partial charge in [0, 0.05) is 12.7 Å². The summed E-state index contributed by atoms with van der Waals surface area (Å²) in [5, 5.41) is 17.6. The van der Waals surface area contributed by atoms with E-state index in [1.165, 1.54) is 37.4 Å². The molecule has 0 atom stereocenters. The van der Waals surface area contributed by atoms with Gasteiger partial charge in [0.2, 0.25) is 0 Å². The molecule has 0 aliphatic rings. The average Bonchev–Trinajstić information content (AvgIpc) is 2.58. The van der Waals surface area contributed by atoms with Crippen molar-refractivity contribution in [1.82, 2.24) is 0 Å². The van der Waals surface area contributed by atoms with Crippen molar-refractivity contribution >= 4 is 16.4 Å². The van der Waals surface area contributed by atoms with Gasteiger partial charge in [0.15, 0.2) is 11.5 Å². The fraction of sp³-hybridized carbons (Fsp3) is 0.235. The number of ether oxygens (including phenoxy) is 1. The second-order valence-electron chi connectivity index (χ2n) is 4.95. The highest BCUT2D eigenvalue weighted by atomic mass is 32.2. The monoisotopic (exact) mass is 368 g/mol. The molecule has 0 fully saturated rings. The van der Waals surface area contributed by atoms with Crippen molar-refractivity contribution in [2.45, 2.75) is 11.8 Å². The summed E-state index contributed by atoms with van der Waals surface area (Å²) in [5.41, 5.74) is 1.35. The maximum atomic E-state index is 11.5. The average molecular weight is 368 g/mol. The Morgan fingerprint density at radius 3 is 2.16 bits per heavy atom. The predicted octanol–water partition coefficient (Wildman–Crippen LogP) is 2.26. The number of aromatic hydroxyl groups is 2. The summed E-state index contributed by atoms with van der Waals surface area (Å²) < 4.78 is 32.5. The van der Waals surface area contributed by atoms with Crippen LogP contribution in [0, 0.1) is 6.92 Å². The van der Waals surface area contributed by atoms with Crippen LogP contribution in [-0.4, -0.2) is 45.2 Å². The normalized spacial score (nSPS) is 10.6. The Morgan fingerprint density at radius 2 is 1.64 bits per heavy atom. The Hall–Kier alpha value is -2.42. The van der Waals surface area contributed by atoms with Crippen LogP contribution in [0.4, 0.5) is 0 Å². The molecule has 0 saturated heterocycles. The minimum Gasteiger partial charge on any atom is -0.504 e. The predicted molar refractivity (Wildman–Crippen MR) is 91.4 cm³/mol. The number of phenols is 2. The van der Waals surface area contributed by atoms with E-state index in [0.29, 0.717) is 11.8 Å². The highest BCUT2D eigenvalue weighted by Crippen LogP contribution is 2.23. The number of carbonyl (C=O) groups is 1. The molecule has 0 bridgehead atoms. The first kappa shape index (κ1) is 20.6. The molecule has 2 aromatic carbocycles. The van der Waals surface area contributed by atoms with Crippen molar-refractivity contribution < 1.29 is 32.3 Å². The zero-order chi connectivity index (χ0) is 18.9. The van der Waals surface area contributed by atoms with Crippen molar-refractivity contribution in [2.24, 2.45) is 0 Å². The summed E-state index contributed by atoms with van der Waals surface area (Å²) in [7, 11) is -2.14. The highest BCUT2D eigenvalue weighted by Gasteiger charge is 2.13. The van der Waals surface area contributed by atoms with Gasteiger partial charge in [0.1, 0.15) is 6.29 Å². The first-order valence-corrected chi connectivity index (χ1v) is 8.63. The zero-order valence-electron chi connectivity index (χ0n) is 13.9. The first-order valence-electron chi connectivity index (χ1n) is 7.22. The van der Waals surface area contributed by atoms with E-state index in [0.717, 1.165) is 5.56 Å². The summed E-state index contributed by atoms with van der Waals surface area (Å²) in [4.78, 5) is 10.2. The lowest BCUT2D eigenvalue weighted by atomic mass is 10.2. The summed E-state index contributed by atoms with van der Waals surface area (Å²) >= 11 is 0. The van der Waals surface area contributed by atoms with Crippen molar-refractivity contribution in [3.05, 3.63) is 53.6 Å². The lowest BCUT2D eigenvalue weighted by molar-refractivity contribution is 0.112. The second kappa shape index (κ2) is 9.77. The van der Waals surface area contributed by atoms with Gasteiger partial charge in [-0.25, -0.2) is 0 Å². The van der Waals surface area contributed by atoms with Crippen molar-refractivity contribution in [1.29, 1.82) is 0 Å². The van der Waals surface area contributed by atoms with Crippen molar-refractivity contribution in [3.63, 3.8) is 0 Å². The van der Waals surface area contributed by atoms with E-state index in [1.54, 1.807) is 12.1 Å². The summed E-state index contributed by atoms with van der Waals surface area (Å²) in [6.45, 7) is 2.18. The molecular weight excluding hydrogens is 348 g/mol. The molecule has 2 N–H and O–H groups in total. The molecule has 0 amide bonds. The molecule has 0 heterocycles. The molecule has 136 valence electrons. The van der Waals surface area contributed by atoms with E-state index in [-0.39, 0.29) is 29.6 Å². The minimum absolute atomic E-state index is 0.0344. The van der Waals surface area contributed by atoms with Crippen LogP contribution in [0.2, 0.25) is 0 Å². The SMILES string of the molecule is COCCOS(=O)(=O)c1ccc(C)cc1.O=Cc1ccc(O)c(O)c1. The Labute approximate surface area is 146 Å². The van der Waals surface area contributed by atoms with Gasteiger partial charge in [0.05, 0.1) is 18.1 Å². The van der Waals surface area contributed by atoms with E-state index >= 15 is 0 Å². The van der Waals surface area contributed by atoms with Gasteiger partial charge >= 0.3 is 0 Å². The number of aryl methyl sites for hydroxylation is 1. The fourth-order valence-corrected chi connectivity index (χ4v) is 2.51. The van der Waals surface area contributed by atoms with Crippen LogP contribution in [0.1, 0.15) is 15.9 Å². The molecular formula is C17H20O7S. The minimum atomic E-state index is -3.63. The maximum Gasteiger partial charge on any atom is 0.297 e. The number of aldehydes is 1. The zero-order valence-corrected chi connectivity index (χ0v) is 14.7. The Kier molecular flexibility index (Phi) is 8.06. The van der Waals surface area contributed by atoms with Crippen LogP contribution in [-0.2, 0) is 19.0 Å². The van der Waals surface area contributed by atoms with E-state index in [1.807, 2.05) is 6.92 Å². The third-order valence-electron chi connectivity index (χ3n) is 2.97. The Balaban J connectivity index is 0.000000271. The molecule has 0 aromatic heterocycles. The number of carbonyl (C=O) groups excluding carboxylic acids is 1. The fourth-order valence-electron chi connectivity index (χ4n) is 1.61. The molecule has 0 spiro atoms. The Morgan fingerprint density at radius 1 is 1.00 bits per heavy atom. The number of hydrogen-bond acceptors (Lipinski definition) is 7. The third kappa shape index (κ3) is 6.92. The molecule has 2 aromatic rings. The lowest BCUT2D eigenvalue weighted by Crippen LogP contribution is -2.10. The summed E-state index contributed by atoms with van der Waals surface area (Å²) in [6.07, 6.45) is 0.596. The van der Waals surface area contributed by atoms with E-state index in [9.17, 15) is 13.2 Å². The van der Waals surface area contributed by atoms with Crippen LogP contribution < -0.4 is 0 Å². The molecule has 0 aliphatic carbocycles. The number of rotatable bonds is 6. The number of phenolic OH excluding ortho intramolecular Hbond substituents is 2. The lowest BCUT2D eigenvalue weighted by Gasteiger charge is -2.04. The molecule has 25 heavy (non-hydrogen) atoms. The third-order valence-corrected chi connectivity index (χ3v) is 4.30. The molecule has 0 aliphatic heterocycles. The van der Waals surface area contributed by atoms with Gasteiger partial charge in [-0.3, -0.25) is 8.98 Å². The van der Waals surface area contributed by atoms with Crippen LogP contribution >= 0.6 is 0 Å². The van der Waals surface area contributed by atoms with Crippen LogP contribution in [0.3, 0.4) is 0 Å². The van der Waals surface area contributed by atoms with E-state index < -0.39 is 10.1 Å². The maximum absolute atomic E-state index is 11.5. The van der Waals surface area contributed by atoms with Crippen LogP contribution in [0.15, 0.2) is 47.4 Å². The Bertz CT molecular complexity index is 783. The standard InChI is InChI=1S/C10H14O4S.C7H6O3/c1-9-3-5-10(6-4-9)15(11,12)14-8-7-13-2;8-4-5-1-2-6(9)7(10)3-5/h3-6H,7-8H2,1-2H3;1-4,9-10H. The van der Waals surface area contributed by atoms with Gasteiger partial charge in [-0.15, -0.1) is 0 Å². The smallest absolute Gasteiger partial charge is 0.297 e. The summed E-state index contributed by atoms with van der Waals surface area (Å²) in [5.74, 6) is -0.491. The summed E-state index contributed by atoms with van der Waals surface area (Å²) in [6, 6.07) is 10.4. The van der Waals surface area contributed by atoms with Gasteiger partial charge in [-0.05, 0) is 37.3 Å². The number of benzene rings is 2. The van der Waals surface area contributed by atoms with Crippen LogP contribution in [0.5, 0.6) is 11.5 Å². The van der Waals surface area contributed by atoms with E-state index in [4.69, 9.17) is 19.1 Å². The van der Waals surface area contributed by atoms with Gasteiger partial charge in [0.25, 0.3) is 10.1 Å². The second-order valence-corrected chi connectivity index (χ2v) is 6.56.